The third-order valence-electron chi connectivity index (χ3n) is 0.743. The minimum absolute atomic E-state index is 0.0961. The molecule has 0 aliphatic carbocycles. The number of rotatable bonds is 2. The molecule has 0 saturated heterocycles. The molecule has 0 aromatic carbocycles. The summed E-state index contributed by atoms with van der Waals surface area (Å²) in [6, 6.07) is 0. The second-order valence-electron chi connectivity index (χ2n) is 1.43. The van der Waals surface area contributed by atoms with Gasteiger partial charge in [0.25, 0.3) is 10.1 Å². The summed E-state index contributed by atoms with van der Waals surface area (Å²) >= 11 is 0. The molecular weight excluding hydrogens is 128 g/mol. The lowest BCUT2D eigenvalue weighted by Crippen LogP contribution is -2.14. The normalized spacial score (nSPS) is 15.9. The van der Waals surface area contributed by atoms with E-state index in [1.165, 1.54) is 0 Å². The molecule has 0 bridgehead atoms. The molecule has 0 fully saturated rings. The molecule has 1 N–H and O–H groups in total. The third kappa shape index (κ3) is 2.28. The molecule has 4 heteroatoms. The molecule has 0 spiro atoms. The molecule has 8 heavy (non-hydrogen) atoms. The maximum absolute atomic E-state index is 10.0. The highest BCUT2D eigenvalue weighted by atomic mass is 32.2. The highest BCUT2D eigenvalue weighted by Gasteiger charge is 2.13. The summed E-state index contributed by atoms with van der Waals surface area (Å²) in [6.07, 6.45) is 0.0961. The van der Waals surface area contributed by atoms with E-state index < -0.39 is 15.4 Å². The Kier molecular flexibility index (Phi) is 2.43. The summed E-state index contributed by atoms with van der Waals surface area (Å²) in [5, 5.41) is -0.984. The van der Waals surface area contributed by atoms with Crippen LogP contribution in [0.5, 0.6) is 0 Å². The van der Waals surface area contributed by atoms with Gasteiger partial charge in [-0.1, -0.05) is 6.92 Å². The molecule has 0 aromatic heterocycles. The first-order chi connectivity index (χ1) is 3.48. The van der Waals surface area contributed by atoms with E-state index in [2.05, 4.69) is 13.8 Å². The van der Waals surface area contributed by atoms with Gasteiger partial charge in [0, 0.05) is 0 Å². The minimum Gasteiger partial charge on any atom is -0.285 e. The van der Waals surface area contributed by atoms with E-state index in [0.717, 1.165) is 0 Å². The van der Waals surface area contributed by atoms with Gasteiger partial charge in [0.15, 0.2) is 0 Å². The zero-order valence-electron chi connectivity index (χ0n) is 4.37. The van der Waals surface area contributed by atoms with Crippen LogP contribution >= 0.6 is 0 Å². The van der Waals surface area contributed by atoms with Crippen molar-refractivity contribution in [3.63, 3.8) is 0 Å². The summed E-state index contributed by atoms with van der Waals surface area (Å²) in [7, 11) is -3.93. The van der Waals surface area contributed by atoms with Crippen LogP contribution in [0.4, 0.5) is 0 Å². The maximum Gasteiger partial charge on any atom is 0.267 e. The van der Waals surface area contributed by atoms with Crippen LogP contribution in [0.2, 0.25) is 0 Å². The largest absolute Gasteiger partial charge is 0.285 e. The Labute approximate surface area is 49.5 Å². The van der Waals surface area contributed by atoms with E-state index >= 15 is 0 Å². The van der Waals surface area contributed by atoms with Crippen LogP contribution in [0, 0.1) is 13.8 Å². The van der Waals surface area contributed by atoms with Crippen LogP contribution in [0.15, 0.2) is 0 Å². The Morgan fingerprint density at radius 2 is 2.00 bits per heavy atom. The molecular formula is C4H8O3S. The molecule has 0 aliphatic heterocycles. The fraction of sp³-hybridized carbons (Fsp3) is 0.500. The summed E-state index contributed by atoms with van der Waals surface area (Å²) in [5.74, 6) is 0. The molecule has 0 heterocycles. The zero-order valence-corrected chi connectivity index (χ0v) is 5.19. The van der Waals surface area contributed by atoms with Crippen LogP contribution in [-0.4, -0.2) is 18.2 Å². The van der Waals surface area contributed by atoms with Crippen molar-refractivity contribution < 1.29 is 13.0 Å². The lowest BCUT2D eigenvalue weighted by atomic mass is 10.4. The van der Waals surface area contributed by atoms with Gasteiger partial charge in [-0.15, -0.1) is 0 Å². The van der Waals surface area contributed by atoms with Gasteiger partial charge in [-0.3, -0.25) is 4.55 Å². The second kappa shape index (κ2) is 2.46. The first kappa shape index (κ1) is 7.91. The molecule has 3 nitrogen and oxygen atoms in total. The Bertz CT molecular complexity index is 147. The van der Waals surface area contributed by atoms with Crippen LogP contribution in [-0.2, 0) is 10.1 Å². The first-order valence-electron chi connectivity index (χ1n) is 2.07. The van der Waals surface area contributed by atoms with Gasteiger partial charge in [0.05, 0.1) is 5.25 Å². The Morgan fingerprint density at radius 1 is 1.62 bits per heavy atom. The highest BCUT2D eigenvalue weighted by molar-refractivity contribution is 7.86. The van der Waals surface area contributed by atoms with Crippen LogP contribution < -0.4 is 0 Å². The van der Waals surface area contributed by atoms with Crippen LogP contribution in [0.25, 0.3) is 0 Å². The van der Waals surface area contributed by atoms with E-state index in [0.29, 0.717) is 0 Å². The van der Waals surface area contributed by atoms with Gasteiger partial charge in [0.1, 0.15) is 0 Å². The topological polar surface area (TPSA) is 54.4 Å². The van der Waals surface area contributed by atoms with Gasteiger partial charge in [-0.2, -0.15) is 8.42 Å². The van der Waals surface area contributed by atoms with Crippen molar-refractivity contribution in [2.24, 2.45) is 0 Å². The summed E-state index contributed by atoms with van der Waals surface area (Å²) < 4.78 is 28.2. The lowest BCUT2D eigenvalue weighted by Gasteiger charge is -2.00. The monoisotopic (exact) mass is 136 g/mol. The maximum atomic E-state index is 10.0. The molecule has 0 aliphatic rings. The van der Waals surface area contributed by atoms with E-state index in [1.54, 1.807) is 0 Å². The van der Waals surface area contributed by atoms with Gasteiger partial charge in [0.2, 0.25) is 0 Å². The molecule has 48 valence electrons. The fourth-order valence-electron chi connectivity index (χ4n) is 0.149. The Balaban J connectivity index is 4.04. The fourth-order valence-corrected chi connectivity index (χ4v) is 0.447. The van der Waals surface area contributed by atoms with E-state index in [9.17, 15) is 8.42 Å². The Hall–Kier alpha value is -0.0900. The smallest absolute Gasteiger partial charge is 0.267 e. The first-order valence-corrected chi connectivity index (χ1v) is 3.57. The van der Waals surface area contributed by atoms with E-state index in [4.69, 9.17) is 4.55 Å². The quantitative estimate of drug-likeness (QED) is 0.555. The van der Waals surface area contributed by atoms with Gasteiger partial charge in [-0.05, 0) is 13.3 Å². The van der Waals surface area contributed by atoms with Crippen LogP contribution in [0.1, 0.15) is 6.42 Å². The van der Waals surface area contributed by atoms with Crippen molar-refractivity contribution in [2.75, 3.05) is 0 Å². The average molecular weight is 136 g/mol. The predicted octanol–water partition coefficient (Wildman–Crippen LogP) is 0.301. The molecule has 1 atom stereocenters. The van der Waals surface area contributed by atoms with E-state index in [-0.39, 0.29) is 6.42 Å². The van der Waals surface area contributed by atoms with Gasteiger partial charge < -0.3 is 0 Å². The Morgan fingerprint density at radius 3 is 2.00 bits per heavy atom. The highest BCUT2D eigenvalue weighted by Crippen LogP contribution is 1.99. The standard InChI is InChI=1S/C4H8O3S/c1-3-4(2)8(5,6)7/h4H,1-3H2,(H,5,6,7). The van der Waals surface area contributed by atoms with Gasteiger partial charge in [-0.25, -0.2) is 0 Å². The van der Waals surface area contributed by atoms with Crippen molar-refractivity contribution in [1.29, 1.82) is 0 Å². The molecule has 2 radical (unpaired) electrons. The second-order valence-corrected chi connectivity index (χ2v) is 3.12. The van der Waals surface area contributed by atoms with Crippen molar-refractivity contribution in [3.8, 4) is 0 Å². The minimum atomic E-state index is -3.93. The third-order valence-corrected chi connectivity index (χ3v) is 1.82. The van der Waals surface area contributed by atoms with Gasteiger partial charge >= 0.3 is 0 Å². The molecule has 0 rings (SSSR count). The summed E-state index contributed by atoms with van der Waals surface area (Å²) in [4.78, 5) is 0. The predicted molar refractivity (Wildman–Crippen MR) is 30.7 cm³/mol. The molecule has 0 aromatic rings. The summed E-state index contributed by atoms with van der Waals surface area (Å²) in [6.45, 7) is 6.38. The van der Waals surface area contributed by atoms with Crippen LogP contribution in [0.3, 0.4) is 0 Å². The molecule has 1 unspecified atom stereocenters. The van der Waals surface area contributed by atoms with Crippen molar-refractivity contribution in [3.05, 3.63) is 13.8 Å². The zero-order chi connectivity index (χ0) is 6.78. The lowest BCUT2D eigenvalue weighted by molar-refractivity contribution is 0.474. The SMILES string of the molecule is [CH2]CC([CH2])S(=O)(=O)O. The molecule has 0 amide bonds. The van der Waals surface area contributed by atoms with Crippen molar-refractivity contribution >= 4 is 10.1 Å². The number of hydrogen-bond donors (Lipinski definition) is 1. The van der Waals surface area contributed by atoms with E-state index in [1.807, 2.05) is 0 Å². The average Bonchev–Trinajstić information content (AvgIpc) is 1.62. The number of hydrogen-bond acceptors (Lipinski definition) is 2. The molecule has 0 saturated carbocycles. The summed E-state index contributed by atoms with van der Waals surface area (Å²) in [5.41, 5.74) is 0. The van der Waals surface area contributed by atoms with Crippen molar-refractivity contribution in [1.82, 2.24) is 0 Å². The van der Waals surface area contributed by atoms with Crippen molar-refractivity contribution in [2.45, 2.75) is 11.7 Å².